The molecule has 0 atom stereocenters. The van der Waals surface area contributed by atoms with E-state index in [1.54, 1.807) is 0 Å². The normalized spacial score (nSPS) is 10.5. The summed E-state index contributed by atoms with van der Waals surface area (Å²) >= 11 is 0. The number of H-pyrrole nitrogens is 4. The predicted molar refractivity (Wildman–Crippen MR) is 136 cm³/mol. The Morgan fingerprint density at radius 1 is 0.636 bits per heavy atom. The average molecular weight is 495 g/mol. The topological polar surface area (TPSA) is 152 Å². The van der Waals surface area contributed by atoms with Gasteiger partial charge >= 0.3 is 55.1 Å². The molecule has 2 heterocycles. The Morgan fingerprint density at radius 3 is 1.45 bits per heavy atom. The van der Waals surface area contributed by atoms with Gasteiger partial charge in [-0.3, -0.25) is 29.5 Å². The summed E-state index contributed by atoms with van der Waals surface area (Å²) in [5, 5.41) is 8.52. The van der Waals surface area contributed by atoms with Crippen molar-refractivity contribution in [2.24, 2.45) is 0 Å². The van der Waals surface area contributed by atoms with E-state index >= 15 is 0 Å². The van der Waals surface area contributed by atoms with Gasteiger partial charge in [-0.1, -0.05) is 96.8 Å². The Balaban J connectivity index is 0.000000666. The molecule has 2 aromatic heterocycles. The van der Waals surface area contributed by atoms with Gasteiger partial charge in [-0.15, -0.1) is 0 Å². The van der Waals surface area contributed by atoms with Crippen molar-refractivity contribution in [1.82, 2.24) is 19.9 Å². The van der Waals surface area contributed by atoms with E-state index in [-0.39, 0.29) is 48.9 Å². The minimum absolute atomic E-state index is 0. The van der Waals surface area contributed by atoms with Gasteiger partial charge in [0, 0.05) is 6.42 Å². The fraction of sp³-hybridized carbons (Fsp3) is 0.739. The van der Waals surface area contributed by atoms with Crippen molar-refractivity contribution in [3.63, 3.8) is 0 Å². The van der Waals surface area contributed by atoms with Crippen LogP contribution in [0.2, 0.25) is 0 Å². The van der Waals surface area contributed by atoms with E-state index < -0.39 is 22.9 Å². The van der Waals surface area contributed by atoms with Crippen LogP contribution in [0.5, 0.6) is 0 Å². The standard InChI is InChI=1S/C18H36O2.C5H4N4O3.Ca.2H/c1-2-3-4-5-6-7-8-9-10-11-12-13-14-15-16-17-18(19)20;10-3-1-2(7-4(11)6-1)8-5(12)9-3;;;/h2-17H2,1H3,(H,19,20);(H4,6,7,8,9,10,11,12);;;. The second-order valence-corrected chi connectivity index (χ2v) is 8.33. The van der Waals surface area contributed by atoms with Crippen LogP contribution < -0.4 is 16.9 Å². The van der Waals surface area contributed by atoms with Gasteiger partial charge in [0.05, 0.1) is 0 Å². The van der Waals surface area contributed by atoms with Crippen LogP contribution in [-0.4, -0.2) is 68.7 Å². The number of hydrogen-bond donors (Lipinski definition) is 5. The summed E-state index contributed by atoms with van der Waals surface area (Å²) in [6.07, 6.45) is 20.2. The molecule has 33 heavy (non-hydrogen) atoms. The van der Waals surface area contributed by atoms with Crippen molar-refractivity contribution in [3.05, 3.63) is 31.3 Å². The number of aromatic nitrogens is 4. The van der Waals surface area contributed by atoms with Crippen molar-refractivity contribution in [2.45, 2.75) is 110 Å². The number of carbonyl (C=O) groups is 1. The summed E-state index contributed by atoms with van der Waals surface area (Å²) in [7, 11) is 0. The molecule has 2 rings (SSSR count). The van der Waals surface area contributed by atoms with Gasteiger partial charge in [-0.25, -0.2) is 9.59 Å². The minimum atomic E-state index is -0.653. The molecule has 0 spiro atoms. The number of carboxylic acid groups (broad SMARTS) is 1. The zero-order valence-electron chi connectivity index (χ0n) is 19.4. The first kappa shape index (κ1) is 31.7. The second kappa shape index (κ2) is 20.1. The van der Waals surface area contributed by atoms with Crippen molar-refractivity contribution in [3.8, 4) is 0 Å². The Morgan fingerprint density at radius 2 is 1.03 bits per heavy atom. The molecule has 0 aliphatic rings. The van der Waals surface area contributed by atoms with E-state index in [2.05, 4.69) is 21.9 Å². The molecule has 0 saturated heterocycles. The van der Waals surface area contributed by atoms with Crippen LogP contribution in [0.4, 0.5) is 0 Å². The first-order valence-electron chi connectivity index (χ1n) is 12.1. The van der Waals surface area contributed by atoms with Crippen molar-refractivity contribution >= 4 is 54.9 Å². The van der Waals surface area contributed by atoms with Crippen LogP contribution in [-0.2, 0) is 4.79 Å². The van der Waals surface area contributed by atoms with Crippen LogP contribution in [0.3, 0.4) is 0 Å². The van der Waals surface area contributed by atoms with E-state index in [0.29, 0.717) is 6.42 Å². The number of unbranched alkanes of at least 4 members (excludes halogenated alkanes) is 14. The number of hydrogen-bond acceptors (Lipinski definition) is 4. The van der Waals surface area contributed by atoms with Gasteiger partial charge < -0.3 is 5.11 Å². The number of aliphatic carboxylic acids is 1. The molecule has 186 valence electrons. The zero-order chi connectivity index (χ0) is 23.6. The molecule has 0 bridgehead atoms. The number of nitrogens with one attached hydrogen (secondary N) is 4. The van der Waals surface area contributed by atoms with Crippen molar-refractivity contribution < 1.29 is 9.90 Å². The number of carboxylic acids is 1. The fourth-order valence-electron chi connectivity index (χ4n) is 3.61. The third kappa shape index (κ3) is 16.0. The first-order chi connectivity index (χ1) is 15.4. The molecule has 5 N–H and O–H groups in total. The molecule has 10 heteroatoms. The van der Waals surface area contributed by atoms with E-state index in [0.717, 1.165) is 12.8 Å². The van der Waals surface area contributed by atoms with Gasteiger partial charge in [-0.05, 0) is 6.42 Å². The number of fused-ring (bicyclic) bond motifs is 1. The Kier molecular flexibility index (Phi) is 19.3. The molecule has 9 nitrogen and oxygen atoms in total. The second-order valence-electron chi connectivity index (χ2n) is 8.33. The molecular formula is C23H42CaN4O5. The number of rotatable bonds is 16. The van der Waals surface area contributed by atoms with Crippen molar-refractivity contribution in [1.29, 1.82) is 0 Å². The molecule has 0 saturated carbocycles. The van der Waals surface area contributed by atoms with Crippen LogP contribution in [0.25, 0.3) is 11.2 Å². The predicted octanol–water partition coefficient (Wildman–Crippen LogP) is 3.65. The van der Waals surface area contributed by atoms with Crippen LogP contribution in [0.1, 0.15) is 110 Å². The number of imidazole rings is 1. The average Bonchev–Trinajstić information content (AvgIpc) is 3.11. The van der Waals surface area contributed by atoms with Gasteiger partial charge in [0.2, 0.25) is 0 Å². The Labute approximate surface area is 224 Å². The van der Waals surface area contributed by atoms with E-state index in [4.69, 9.17) is 5.11 Å². The summed E-state index contributed by atoms with van der Waals surface area (Å²) in [6.45, 7) is 2.27. The molecule has 0 aromatic carbocycles. The molecule has 0 amide bonds. The zero-order valence-corrected chi connectivity index (χ0v) is 19.4. The molecule has 0 radical (unpaired) electrons. The molecular weight excluding hydrogens is 452 g/mol. The van der Waals surface area contributed by atoms with Gasteiger partial charge in [0.1, 0.15) is 11.2 Å². The maximum atomic E-state index is 10.9. The summed E-state index contributed by atoms with van der Waals surface area (Å²) in [5.74, 6) is -0.653. The molecule has 0 aliphatic heterocycles. The molecule has 2 aromatic rings. The van der Waals surface area contributed by atoms with E-state index in [1.165, 1.54) is 83.5 Å². The summed E-state index contributed by atoms with van der Waals surface area (Å²) < 4.78 is 0. The molecule has 0 fully saturated rings. The van der Waals surface area contributed by atoms with E-state index in [1.807, 2.05) is 4.98 Å². The third-order valence-electron chi connectivity index (χ3n) is 5.41. The van der Waals surface area contributed by atoms with Gasteiger partial charge in [-0.2, -0.15) is 0 Å². The Bertz CT molecular complexity index is 931. The SMILES string of the molecule is CCCCCCCCCCCCCCCCCC(=O)O.O=c1[nH]c(=O)c2[nH]c(=O)[nH]c2[nH]1.[CaH2]. The fourth-order valence-corrected chi connectivity index (χ4v) is 3.61. The molecule has 0 unspecified atom stereocenters. The van der Waals surface area contributed by atoms with Crippen LogP contribution in [0.15, 0.2) is 14.4 Å². The molecule has 0 aliphatic carbocycles. The van der Waals surface area contributed by atoms with E-state index in [9.17, 15) is 19.2 Å². The summed E-state index contributed by atoms with van der Waals surface area (Å²) in [6, 6.07) is 0. The van der Waals surface area contributed by atoms with Crippen LogP contribution in [0, 0.1) is 0 Å². The summed E-state index contributed by atoms with van der Waals surface area (Å²) in [4.78, 5) is 51.3. The quantitative estimate of drug-likeness (QED) is 0.178. The maximum absolute atomic E-state index is 10.9. The monoisotopic (exact) mass is 494 g/mol. The van der Waals surface area contributed by atoms with Crippen molar-refractivity contribution in [2.75, 3.05) is 0 Å². The first-order valence-corrected chi connectivity index (χ1v) is 12.1. The summed E-state index contributed by atoms with van der Waals surface area (Å²) in [5.41, 5.74) is -1.65. The Hall–Kier alpha value is -1.32. The van der Waals surface area contributed by atoms with Gasteiger partial charge in [0.15, 0.2) is 0 Å². The third-order valence-corrected chi connectivity index (χ3v) is 5.41. The van der Waals surface area contributed by atoms with Gasteiger partial charge in [0.25, 0.3) is 5.56 Å². The van der Waals surface area contributed by atoms with Crippen LogP contribution >= 0.6 is 0 Å². The number of aromatic amines is 4.